The van der Waals surface area contributed by atoms with Gasteiger partial charge in [-0.2, -0.15) is 8.78 Å². The summed E-state index contributed by atoms with van der Waals surface area (Å²) in [6.45, 7) is 1.89. The Morgan fingerprint density at radius 2 is 1.86 bits per heavy atom. The van der Waals surface area contributed by atoms with E-state index in [2.05, 4.69) is 0 Å². The molecule has 1 aromatic carbocycles. The van der Waals surface area contributed by atoms with Crippen LogP contribution in [0.3, 0.4) is 0 Å². The van der Waals surface area contributed by atoms with Gasteiger partial charge in [-0.15, -0.1) is 0 Å². The smallest absolute Gasteiger partial charge is 0.285 e. The first-order chi connectivity index (χ1) is 6.66. The molecule has 0 bridgehead atoms. The van der Waals surface area contributed by atoms with Crippen molar-refractivity contribution in [1.29, 1.82) is 0 Å². The topological polar surface area (TPSA) is 29.5 Å². The summed E-state index contributed by atoms with van der Waals surface area (Å²) < 4.78 is 29.5. The van der Waals surface area contributed by atoms with Crippen molar-refractivity contribution in [2.45, 2.75) is 6.92 Å². The van der Waals surface area contributed by atoms with E-state index in [1.807, 2.05) is 0 Å². The van der Waals surface area contributed by atoms with Crippen molar-refractivity contribution in [1.82, 2.24) is 0 Å². The van der Waals surface area contributed by atoms with Gasteiger partial charge in [0.2, 0.25) is 0 Å². The minimum absolute atomic E-state index is 0.00866. The second-order valence-corrected chi connectivity index (χ2v) is 2.54. The molecule has 0 saturated heterocycles. The maximum absolute atomic E-state index is 12.4. The van der Waals surface area contributed by atoms with Gasteiger partial charge < -0.3 is 9.84 Å². The average Bonchev–Trinajstić information content (AvgIpc) is 2.18. The molecular formula is C10H10F2O2. The Morgan fingerprint density at radius 3 is 2.36 bits per heavy atom. The number of aliphatic hydroxyl groups excluding tert-OH is 1. The molecule has 0 spiro atoms. The lowest BCUT2D eigenvalue weighted by atomic mass is 10.2. The van der Waals surface area contributed by atoms with Crippen LogP contribution in [-0.2, 0) is 4.74 Å². The molecule has 0 fully saturated rings. The van der Waals surface area contributed by atoms with E-state index in [9.17, 15) is 13.9 Å². The van der Waals surface area contributed by atoms with Gasteiger partial charge in [0, 0.05) is 0 Å². The van der Waals surface area contributed by atoms with E-state index in [1.165, 1.54) is 18.2 Å². The van der Waals surface area contributed by atoms with Gasteiger partial charge >= 0.3 is 0 Å². The summed E-state index contributed by atoms with van der Waals surface area (Å²) in [7, 11) is 0. The van der Waals surface area contributed by atoms with E-state index in [0.717, 1.165) is 0 Å². The highest BCUT2D eigenvalue weighted by Gasteiger charge is 2.00. The lowest BCUT2D eigenvalue weighted by Crippen LogP contribution is -2.28. The number of hydrogen-bond donors (Lipinski definition) is 1. The zero-order valence-corrected chi connectivity index (χ0v) is 7.63. The van der Waals surface area contributed by atoms with Gasteiger partial charge in [0.15, 0.2) is 0 Å². The Morgan fingerprint density at radius 1 is 1.29 bits per heavy atom. The highest BCUT2D eigenvalue weighted by atomic mass is 19.3. The first-order valence-corrected chi connectivity index (χ1v) is 4.13. The predicted molar refractivity (Wildman–Crippen MR) is 49.0 cm³/mol. The Kier molecular flexibility index (Phi) is 3.45. The molecule has 1 N–H and O–H groups in total. The van der Waals surface area contributed by atoms with E-state index in [1.54, 1.807) is 13.0 Å². The minimum atomic E-state index is -1.84. The number of rotatable bonds is 2. The minimum Gasteiger partial charge on any atom is -0.481 e. The third-order valence-corrected chi connectivity index (χ3v) is 1.64. The Bertz CT molecular complexity index is 422. The summed E-state index contributed by atoms with van der Waals surface area (Å²) in [5.41, 5.74) is 0. The van der Waals surface area contributed by atoms with Crippen LogP contribution >= 0.6 is 0 Å². The first-order valence-electron chi connectivity index (χ1n) is 4.13. The molecule has 14 heavy (non-hydrogen) atoms. The van der Waals surface area contributed by atoms with Crippen molar-refractivity contribution in [3.63, 3.8) is 0 Å². The van der Waals surface area contributed by atoms with E-state index >= 15 is 0 Å². The summed E-state index contributed by atoms with van der Waals surface area (Å²) in [5.74, 6) is -0.476. The highest BCUT2D eigenvalue weighted by molar-refractivity contribution is 5.34. The number of aliphatic hydroxyl groups is 1. The summed E-state index contributed by atoms with van der Waals surface area (Å²) in [6.07, 6.45) is -1.84. The van der Waals surface area contributed by atoms with Gasteiger partial charge in [-0.3, -0.25) is 0 Å². The SMILES string of the molecule is CCO/C(O)=c1/ccccc1=C(F)F. The zero-order valence-electron chi connectivity index (χ0n) is 7.63. The molecule has 0 aliphatic heterocycles. The lowest BCUT2D eigenvalue weighted by molar-refractivity contribution is 0.189. The second-order valence-electron chi connectivity index (χ2n) is 2.54. The second kappa shape index (κ2) is 4.60. The third kappa shape index (κ3) is 2.22. The van der Waals surface area contributed by atoms with Gasteiger partial charge in [-0.05, 0) is 19.1 Å². The quantitative estimate of drug-likeness (QED) is 0.780. The Balaban J connectivity index is 3.50. The molecule has 0 aromatic heterocycles. The van der Waals surface area contributed by atoms with Crippen LogP contribution < -0.4 is 10.4 Å². The molecule has 0 atom stereocenters. The maximum atomic E-state index is 12.4. The van der Waals surface area contributed by atoms with Crippen LogP contribution in [0.4, 0.5) is 8.78 Å². The van der Waals surface area contributed by atoms with E-state index < -0.39 is 12.0 Å². The monoisotopic (exact) mass is 200 g/mol. The average molecular weight is 200 g/mol. The lowest BCUT2D eigenvalue weighted by Gasteiger charge is -2.00. The Labute approximate surface area is 79.8 Å². The van der Waals surface area contributed by atoms with Gasteiger partial charge in [0.1, 0.15) is 0 Å². The van der Waals surface area contributed by atoms with Crippen molar-refractivity contribution in [2.75, 3.05) is 6.61 Å². The largest absolute Gasteiger partial charge is 0.481 e. The molecule has 0 unspecified atom stereocenters. The fourth-order valence-corrected chi connectivity index (χ4v) is 1.05. The zero-order chi connectivity index (χ0) is 10.6. The van der Waals surface area contributed by atoms with Crippen molar-refractivity contribution >= 4 is 12.0 Å². The van der Waals surface area contributed by atoms with Gasteiger partial charge in [-0.25, -0.2) is 0 Å². The van der Waals surface area contributed by atoms with E-state index in [-0.39, 0.29) is 17.0 Å². The van der Waals surface area contributed by atoms with Crippen LogP contribution in [-0.4, -0.2) is 11.7 Å². The van der Waals surface area contributed by atoms with Gasteiger partial charge in [-0.1, -0.05) is 12.1 Å². The summed E-state index contributed by atoms with van der Waals surface area (Å²) in [6, 6.07) is 5.62. The first kappa shape index (κ1) is 10.5. The van der Waals surface area contributed by atoms with Crippen LogP contribution in [0.2, 0.25) is 0 Å². The molecule has 2 nitrogen and oxygen atoms in total. The molecule has 1 rings (SSSR count). The Hall–Kier alpha value is -1.58. The molecule has 1 aromatic rings. The van der Waals surface area contributed by atoms with E-state index in [4.69, 9.17) is 4.74 Å². The van der Waals surface area contributed by atoms with Crippen molar-refractivity contribution in [3.8, 4) is 0 Å². The van der Waals surface area contributed by atoms with Crippen LogP contribution in [0, 0.1) is 0 Å². The van der Waals surface area contributed by atoms with Crippen molar-refractivity contribution < 1.29 is 18.6 Å². The molecular weight excluding hydrogens is 190 g/mol. The normalized spacial score (nSPS) is 12.2. The maximum Gasteiger partial charge on any atom is 0.285 e. The molecule has 76 valence electrons. The van der Waals surface area contributed by atoms with Gasteiger partial charge in [0.25, 0.3) is 12.0 Å². The summed E-state index contributed by atoms with van der Waals surface area (Å²) in [5, 5.41) is 9.00. The molecule has 0 aliphatic carbocycles. The number of hydrogen-bond acceptors (Lipinski definition) is 2. The predicted octanol–water partition coefficient (Wildman–Crippen LogP) is 1.35. The highest BCUT2D eigenvalue weighted by Crippen LogP contribution is 1.93. The molecule has 0 heterocycles. The summed E-state index contributed by atoms with van der Waals surface area (Å²) in [4.78, 5) is 0. The van der Waals surface area contributed by atoms with Gasteiger partial charge in [0.05, 0.1) is 17.0 Å². The van der Waals surface area contributed by atoms with E-state index in [0.29, 0.717) is 0 Å². The van der Waals surface area contributed by atoms with Crippen LogP contribution in [0.25, 0.3) is 12.0 Å². The molecule has 0 amide bonds. The molecule has 0 aliphatic rings. The van der Waals surface area contributed by atoms with Crippen LogP contribution in [0.5, 0.6) is 0 Å². The fourth-order valence-electron chi connectivity index (χ4n) is 1.05. The number of benzene rings is 1. The molecule has 0 saturated carbocycles. The fraction of sp³-hybridized carbons (Fsp3) is 0.200. The van der Waals surface area contributed by atoms with Crippen LogP contribution in [0.15, 0.2) is 24.3 Å². The van der Waals surface area contributed by atoms with Crippen molar-refractivity contribution in [3.05, 3.63) is 34.7 Å². The molecule has 0 radical (unpaired) electrons. The van der Waals surface area contributed by atoms with Crippen molar-refractivity contribution in [2.24, 2.45) is 0 Å². The third-order valence-electron chi connectivity index (χ3n) is 1.64. The number of ether oxygens (including phenoxy) is 1. The standard InChI is InChI=1S/C10H10F2O2/c1-2-14-10(13)8-6-4-3-5-7(8)9(11)12/h3-6,13H,2H2,1H3/b10-8-. The number of halogens is 2. The van der Waals surface area contributed by atoms with Crippen LogP contribution in [0.1, 0.15) is 6.92 Å². The summed E-state index contributed by atoms with van der Waals surface area (Å²) >= 11 is 0. The molecule has 4 heteroatoms.